The number of para-hydroxylation sites is 1. The molecule has 1 aliphatic carbocycles. The van der Waals surface area contributed by atoms with Crippen LogP contribution in [0.3, 0.4) is 0 Å². The zero-order valence-electron chi connectivity index (χ0n) is 15.5. The third kappa shape index (κ3) is 3.33. The van der Waals surface area contributed by atoms with E-state index in [9.17, 15) is 9.90 Å². The van der Waals surface area contributed by atoms with Crippen LogP contribution in [0.1, 0.15) is 29.6 Å². The molecule has 5 nitrogen and oxygen atoms in total. The molecule has 142 valence electrons. The summed E-state index contributed by atoms with van der Waals surface area (Å²) in [5.41, 5.74) is 0.445. The SMILES string of the molecule is COC1CC(O)C12CCN(C(=O)c1cccc(Oc3ccccc3)c1)CC2. The first-order valence-electron chi connectivity index (χ1n) is 9.45. The number of likely N-dealkylation sites (tertiary alicyclic amines) is 1. The van der Waals surface area contributed by atoms with Gasteiger partial charge in [0.05, 0.1) is 12.2 Å². The van der Waals surface area contributed by atoms with Crippen LogP contribution in [0.4, 0.5) is 0 Å². The molecule has 2 aliphatic rings. The molecule has 1 spiro atoms. The number of carbonyl (C=O) groups excluding carboxylic acids is 1. The molecule has 27 heavy (non-hydrogen) atoms. The van der Waals surface area contributed by atoms with Crippen LogP contribution in [-0.2, 0) is 4.74 Å². The van der Waals surface area contributed by atoms with Crippen LogP contribution in [0.25, 0.3) is 0 Å². The Kier molecular flexibility index (Phi) is 4.89. The summed E-state index contributed by atoms with van der Waals surface area (Å²) in [6, 6.07) is 16.8. The maximum atomic E-state index is 12.9. The summed E-state index contributed by atoms with van der Waals surface area (Å²) in [6.45, 7) is 1.28. The highest BCUT2D eigenvalue weighted by atomic mass is 16.5. The van der Waals surface area contributed by atoms with Crippen molar-refractivity contribution in [2.24, 2.45) is 5.41 Å². The number of piperidine rings is 1. The number of aliphatic hydroxyl groups is 1. The molecular formula is C22H25NO4. The standard InChI is InChI=1S/C22H25NO4/c1-26-20-15-19(24)22(20)10-12-23(13-11-22)21(25)16-6-5-9-18(14-16)27-17-7-3-2-4-8-17/h2-9,14,19-20,24H,10-13,15H2,1H3. The second-order valence-corrected chi connectivity index (χ2v) is 7.44. The zero-order chi connectivity index (χ0) is 18.9. The lowest BCUT2D eigenvalue weighted by molar-refractivity contribution is -0.199. The van der Waals surface area contributed by atoms with Crippen LogP contribution >= 0.6 is 0 Å². The molecule has 5 heteroatoms. The van der Waals surface area contributed by atoms with Crippen molar-refractivity contribution in [1.29, 1.82) is 0 Å². The summed E-state index contributed by atoms with van der Waals surface area (Å²) in [5.74, 6) is 1.40. The Bertz CT molecular complexity index is 799. The number of aliphatic hydroxyl groups excluding tert-OH is 1. The molecular weight excluding hydrogens is 342 g/mol. The second kappa shape index (κ2) is 7.33. The van der Waals surface area contributed by atoms with Crippen molar-refractivity contribution in [3.8, 4) is 11.5 Å². The van der Waals surface area contributed by atoms with E-state index >= 15 is 0 Å². The molecule has 2 atom stereocenters. The summed E-state index contributed by atoms with van der Waals surface area (Å²) in [6.07, 6.45) is 2.04. The molecule has 1 saturated heterocycles. The van der Waals surface area contributed by atoms with Crippen molar-refractivity contribution in [2.45, 2.75) is 31.5 Å². The van der Waals surface area contributed by atoms with Gasteiger partial charge in [0.25, 0.3) is 5.91 Å². The lowest BCUT2D eigenvalue weighted by Crippen LogP contribution is -2.62. The average Bonchev–Trinajstić information content (AvgIpc) is 2.72. The van der Waals surface area contributed by atoms with Crippen LogP contribution in [-0.4, -0.2) is 48.3 Å². The number of rotatable bonds is 4. The summed E-state index contributed by atoms with van der Waals surface area (Å²) in [7, 11) is 1.70. The third-order valence-corrected chi connectivity index (χ3v) is 6.07. The monoisotopic (exact) mass is 367 g/mol. The molecule has 0 aromatic heterocycles. The van der Waals surface area contributed by atoms with Crippen molar-refractivity contribution >= 4 is 5.91 Å². The molecule has 2 aromatic rings. The number of carbonyl (C=O) groups is 1. The minimum atomic E-state index is -0.317. The number of ether oxygens (including phenoxy) is 2. The summed E-state index contributed by atoms with van der Waals surface area (Å²) in [4.78, 5) is 14.8. The van der Waals surface area contributed by atoms with Gasteiger partial charge in [-0.05, 0) is 43.2 Å². The van der Waals surface area contributed by atoms with E-state index in [1.807, 2.05) is 53.4 Å². The first-order chi connectivity index (χ1) is 13.1. The Hall–Kier alpha value is -2.37. The maximum absolute atomic E-state index is 12.9. The van der Waals surface area contributed by atoms with Crippen molar-refractivity contribution in [1.82, 2.24) is 4.90 Å². The van der Waals surface area contributed by atoms with Crippen LogP contribution < -0.4 is 4.74 Å². The molecule has 0 radical (unpaired) electrons. The van der Waals surface area contributed by atoms with Gasteiger partial charge in [-0.2, -0.15) is 0 Å². The van der Waals surface area contributed by atoms with Gasteiger partial charge in [0, 0.05) is 37.6 Å². The molecule has 1 heterocycles. The number of nitrogens with zero attached hydrogens (tertiary/aromatic N) is 1. The highest BCUT2D eigenvalue weighted by molar-refractivity contribution is 5.94. The number of hydrogen-bond acceptors (Lipinski definition) is 4. The van der Waals surface area contributed by atoms with Gasteiger partial charge in [0.1, 0.15) is 11.5 Å². The lowest BCUT2D eigenvalue weighted by Gasteiger charge is -2.56. The van der Waals surface area contributed by atoms with Gasteiger partial charge >= 0.3 is 0 Å². The Labute approximate surface area is 159 Å². The quantitative estimate of drug-likeness (QED) is 0.899. The van der Waals surface area contributed by atoms with Crippen molar-refractivity contribution in [3.05, 3.63) is 60.2 Å². The second-order valence-electron chi connectivity index (χ2n) is 7.44. The predicted molar refractivity (Wildman–Crippen MR) is 102 cm³/mol. The molecule has 1 N–H and O–H groups in total. The Morgan fingerprint density at radius 3 is 2.44 bits per heavy atom. The Balaban J connectivity index is 1.42. The number of hydrogen-bond donors (Lipinski definition) is 1. The smallest absolute Gasteiger partial charge is 0.253 e. The fourth-order valence-corrected chi connectivity index (χ4v) is 4.34. The highest BCUT2D eigenvalue weighted by Crippen LogP contribution is 2.50. The van der Waals surface area contributed by atoms with Crippen LogP contribution in [0.5, 0.6) is 11.5 Å². The highest BCUT2D eigenvalue weighted by Gasteiger charge is 2.56. The van der Waals surface area contributed by atoms with Gasteiger partial charge in [-0.1, -0.05) is 24.3 Å². The van der Waals surface area contributed by atoms with Crippen molar-refractivity contribution in [2.75, 3.05) is 20.2 Å². The number of amides is 1. The van der Waals surface area contributed by atoms with Crippen molar-refractivity contribution < 1.29 is 19.4 Å². The summed E-state index contributed by atoms with van der Waals surface area (Å²) < 4.78 is 11.4. The summed E-state index contributed by atoms with van der Waals surface area (Å²) >= 11 is 0. The van der Waals surface area contributed by atoms with Crippen molar-refractivity contribution in [3.63, 3.8) is 0 Å². The van der Waals surface area contributed by atoms with E-state index in [1.165, 1.54) is 0 Å². The van der Waals surface area contributed by atoms with Gasteiger partial charge in [0.2, 0.25) is 0 Å². The summed E-state index contributed by atoms with van der Waals surface area (Å²) in [5, 5.41) is 10.2. The fourth-order valence-electron chi connectivity index (χ4n) is 4.34. The van der Waals surface area contributed by atoms with Gasteiger partial charge in [-0.25, -0.2) is 0 Å². The van der Waals surface area contributed by atoms with Gasteiger partial charge in [0.15, 0.2) is 0 Å². The number of methoxy groups -OCH3 is 1. The molecule has 1 saturated carbocycles. The largest absolute Gasteiger partial charge is 0.457 e. The minimum absolute atomic E-state index is 0.00569. The molecule has 1 amide bonds. The van der Waals surface area contributed by atoms with Crippen LogP contribution in [0.15, 0.2) is 54.6 Å². The molecule has 1 aliphatic heterocycles. The Morgan fingerprint density at radius 1 is 1.07 bits per heavy atom. The van der Waals surface area contributed by atoms with Gasteiger partial charge in [-0.3, -0.25) is 4.79 Å². The van der Waals surface area contributed by atoms with Gasteiger partial charge in [-0.15, -0.1) is 0 Å². The topological polar surface area (TPSA) is 59.0 Å². The van der Waals surface area contributed by atoms with Crippen LogP contribution in [0.2, 0.25) is 0 Å². The van der Waals surface area contributed by atoms with E-state index < -0.39 is 0 Å². The molecule has 0 bridgehead atoms. The first kappa shape index (κ1) is 18.0. The third-order valence-electron chi connectivity index (χ3n) is 6.07. The number of benzene rings is 2. The van der Waals surface area contributed by atoms with E-state index in [0.717, 1.165) is 18.6 Å². The van der Waals surface area contributed by atoms with E-state index in [4.69, 9.17) is 9.47 Å². The van der Waals surface area contributed by atoms with Gasteiger partial charge < -0.3 is 19.5 Å². The molecule has 2 aromatic carbocycles. The van der Waals surface area contributed by atoms with E-state index in [2.05, 4.69) is 0 Å². The predicted octanol–water partition coefficient (Wildman–Crippen LogP) is 3.48. The fraction of sp³-hybridized carbons (Fsp3) is 0.409. The molecule has 4 rings (SSSR count). The maximum Gasteiger partial charge on any atom is 0.253 e. The molecule has 2 unspecified atom stereocenters. The van der Waals surface area contributed by atoms with E-state index in [-0.39, 0.29) is 23.5 Å². The van der Waals surface area contributed by atoms with E-state index in [0.29, 0.717) is 30.8 Å². The van der Waals surface area contributed by atoms with Crippen LogP contribution in [0, 0.1) is 5.41 Å². The zero-order valence-corrected chi connectivity index (χ0v) is 15.5. The normalized spacial score (nSPS) is 23.7. The van der Waals surface area contributed by atoms with E-state index in [1.54, 1.807) is 13.2 Å². The molecule has 2 fully saturated rings. The first-order valence-corrected chi connectivity index (χ1v) is 9.45. The average molecular weight is 367 g/mol. The Morgan fingerprint density at radius 2 is 1.78 bits per heavy atom. The lowest BCUT2D eigenvalue weighted by atomic mass is 9.58. The minimum Gasteiger partial charge on any atom is -0.457 e.